The summed E-state index contributed by atoms with van der Waals surface area (Å²) in [4.78, 5) is 25.0. The van der Waals surface area contributed by atoms with Crippen LogP contribution in [0.2, 0.25) is 5.02 Å². The molecule has 0 unspecified atom stereocenters. The minimum absolute atomic E-state index is 0.0239. The summed E-state index contributed by atoms with van der Waals surface area (Å²) in [5.74, 6) is 5.54. The number of nitrogen functional groups attached to an aromatic ring is 1. The molecule has 3 heterocycles. The molecule has 0 radical (unpaired) electrons. The van der Waals surface area contributed by atoms with Crippen molar-refractivity contribution in [2.45, 2.75) is 13.1 Å². The van der Waals surface area contributed by atoms with Crippen molar-refractivity contribution in [1.29, 1.82) is 0 Å². The van der Waals surface area contributed by atoms with Crippen molar-refractivity contribution < 1.29 is 18.0 Å². The van der Waals surface area contributed by atoms with E-state index in [0.29, 0.717) is 21.7 Å². The maximum atomic E-state index is 13.8. The van der Waals surface area contributed by atoms with Gasteiger partial charge in [-0.3, -0.25) is 9.78 Å². The second-order valence-corrected chi connectivity index (χ2v) is 8.97. The first-order valence-corrected chi connectivity index (χ1v) is 11.8. The number of carbonyl (C=O) groups excluding carboxylic acids is 1. The quantitative estimate of drug-likeness (QED) is 0.269. The minimum atomic E-state index is -4.66. The maximum Gasteiger partial charge on any atom is 0.418 e. The maximum absolute atomic E-state index is 13.8. The highest BCUT2D eigenvalue weighted by Gasteiger charge is 2.34. The van der Waals surface area contributed by atoms with Crippen molar-refractivity contribution in [3.63, 3.8) is 0 Å². The number of anilines is 2. The molecule has 3 aromatic heterocycles. The predicted octanol–water partition coefficient (Wildman–Crippen LogP) is 6.03. The molecular weight excluding hydrogens is 529 g/mol. The van der Waals surface area contributed by atoms with Crippen LogP contribution in [0.4, 0.5) is 24.7 Å². The van der Waals surface area contributed by atoms with Gasteiger partial charge in [-0.2, -0.15) is 13.2 Å². The largest absolute Gasteiger partial charge is 0.418 e. The van der Waals surface area contributed by atoms with Gasteiger partial charge in [0.2, 0.25) is 0 Å². The topological polar surface area (TPSA) is 98.7 Å². The van der Waals surface area contributed by atoms with Crippen LogP contribution in [0.5, 0.6) is 0 Å². The molecule has 0 aliphatic rings. The molecule has 0 bridgehead atoms. The SMILES string of the molecule is Cc1cnc(C(=O)Nc2ccc(-n3ccnc3)c(C(F)(F)F)c2)cc1C#Cc1c(N)ncc2ccc(Cl)cc12. The van der Waals surface area contributed by atoms with Crippen LogP contribution in [-0.2, 0) is 6.18 Å². The number of nitrogens with zero attached hydrogens (tertiary/aromatic N) is 4. The molecule has 0 spiro atoms. The van der Waals surface area contributed by atoms with E-state index < -0.39 is 17.6 Å². The zero-order chi connectivity index (χ0) is 27.7. The Morgan fingerprint density at radius 1 is 1.08 bits per heavy atom. The van der Waals surface area contributed by atoms with Gasteiger partial charge >= 0.3 is 6.18 Å². The van der Waals surface area contributed by atoms with E-state index in [2.05, 4.69) is 32.1 Å². The normalized spacial score (nSPS) is 11.2. The van der Waals surface area contributed by atoms with E-state index in [9.17, 15) is 18.0 Å². The number of fused-ring (bicyclic) bond motifs is 1. The molecule has 11 heteroatoms. The lowest BCUT2D eigenvalue weighted by Crippen LogP contribution is -2.16. The van der Waals surface area contributed by atoms with E-state index >= 15 is 0 Å². The van der Waals surface area contributed by atoms with Gasteiger partial charge in [0.15, 0.2) is 0 Å². The first-order chi connectivity index (χ1) is 18.6. The van der Waals surface area contributed by atoms with Gasteiger partial charge in [-0.1, -0.05) is 29.5 Å². The van der Waals surface area contributed by atoms with Crippen molar-refractivity contribution >= 4 is 39.8 Å². The Balaban J connectivity index is 1.46. The minimum Gasteiger partial charge on any atom is -0.383 e. The predicted molar refractivity (Wildman–Crippen MR) is 143 cm³/mol. The molecule has 5 aromatic rings. The second kappa shape index (κ2) is 10.1. The Hall–Kier alpha value is -4.88. The van der Waals surface area contributed by atoms with Gasteiger partial charge in [0, 0.05) is 51.8 Å². The highest BCUT2D eigenvalue weighted by atomic mass is 35.5. The fraction of sp³-hybridized carbons (Fsp3) is 0.0714. The van der Waals surface area contributed by atoms with Gasteiger partial charge in [0.05, 0.1) is 23.1 Å². The van der Waals surface area contributed by atoms with E-state index in [0.717, 1.165) is 16.8 Å². The fourth-order valence-corrected chi connectivity index (χ4v) is 4.08. The Bertz CT molecular complexity index is 1780. The van der Waals surface area contributed by atoms with Crippen molar-refractivity contribution in [3.8, 4) is 17.5 Å². The van der Waals surface area contributed by atoms with Crippen LogP contribution in [-0.4, -0.2) is 25.4 Å². The number of hydrogen-bond acceptors (Lipinski definition) is 5. The summed E-state index contributed by atoms with van der Waals surface area (Å²) in [6, 6.07) is 10.2. The molecule has 0 atom stereocenters. The molecule has 0 fully saturated rings. The molecule has 0 aliphatic heterocycles. The summed E-state index contributed by atoms with van der Waals surface area (Å²) in [5.41, 5.74) is 6.61. The number of benzene rings is 2. The number of aryl methyl sites for hydroxylation is 1. The Kier molecular flexibility index (Phi) is 6.68. The number of hydrogen-bond donors (Lipinski definition) is 2. The summed E-state index contributed by atoms with van der Waals surface area (Å²) in [6.45, 7) is 1.77. The average Bonchev–Trinajstić information content (AvgIpc) is 3.43. The van der Waals surface area contributed by atoms with Gasteiger partial charge in [0.1, 0.15) is 11.5 Å². The summed E-state index contributed by atoms with van der Waals surface area (Å²) in [7, 11) is 0. The number of carbonyl (C=O) groups is 1. The second-order valence-electron chi connectivity index (χ2n) is 8.54. The Morgan fingerprint density at radius 3 is 2.64 bits per heavy atom. The molecule has 2 aromatic carbocycles. The van der Waals surface area contributed by atoms with Crippen molar-refractivity contribution in [1.82, 2.24) is 19.5 Å². The first kappa shape index (κ1) is 25.8. The monoisotopic (exact) mass is 546 g/mol. The zero-order valence-electron chi connectivity index (χ0n) is 20.2. The average molecular weight is 547 g/mol. The lowest BCUT2D eigenvalue weighted by molar-refractivity contribution is -0.137. The van der Waals surface area contributed by atoms with Crippen LogP contribution in [0.3, 0.4) is 0 Å². The van der Waals surface area contributed by atoms with E-state index in [4.69, 9.17) is 17.3 Å². The van der Waals surface area contributed by atoms with Crippen LogP contribution in [0, 0.1) is 18.8 Å². The Labute approximate surface area is 225 Å². The third-order valence-electron chi connectivity index (χ3n) is 5.88. The van der Waals surface area contributed by atoms with Gasteiger partial charge in [-0.25, -0.2) is 9.97 Å². The summed E-state index contributed by atoms with van der Waals surface area (Å²) < 4.78 is 42.5. The number of pyridine rings is 2. The molecule has 194 valence electrons. The highest BCUT2D eigenvalue weighted by molar-refractivity contribution is 6.31. The van der Waals surface area contributed by atoms with E-state index in [-0.39, 0.29) is 22.9 Å². The van der Waals surface area contributed by atoms with Crippen molar-refractivity contribution in [3.05, 3.63) is 107 Å². The van der Waals surface area contributed by atoms with Gasteiger partial charge in [-0.15, -0.1) is 0 Å². The van der Waals surface area contributed by atoms with Crippen LogP contribution in [0.1, 0.15) is 32.7 Å². The highest BCUT2D eigenvalue weighted by Crippen LogP contribution is 2.35. The van der Waals surface area contributed by atoms with Crippen LogP contribution < -0.4 is 11.1 Å². The molecule has 5 rings (SSSR count). The van der Waals surface area contributed by atoms with E-state index in [1.165, 1.54) is 47.7 Å². The summed E-state index contributed by atoms with van der Waals surface area (Å²) in [6.07, 6.45) is 2.46. The zero-order valence-corrected chi connectivity index (χ0v) is 21.0. The van der Waals surface area contributed by atoms with Gasteiger partial charge in [-0.05, 0) is 48.9 Å². The van der Waals surface area contributed by atoms with Crippen molar-refractivity contribution in [2.75, 3.05) is 11.1 Å². The molecule has 1 amide bonds. The number of amides is 1. The summed E-state index contributed by atoms with van der Waals surface area (Å²) >= 11 is 6.15. The molecule has 0 saturated carbocycles. The molecule has 39 heavy (non-hydrogen) atoms. The fourth-order valence-electron chi connectivity index (χ4n) is 3.91. The molecule has 0 saturated heterocycles. The molecule has 3 N–H and O–H groups in total. The Morgan fingerprint density at radius 2 is 1.90 bits per heavy atom. The van der Waals surface area contributed by atoms with Crippen LogP contribution in [0.15, 0.2) is 73.6 Å². The van der Waals surface area contributed by atoms with Gasteiger partial charge < -0.3 is 15.6 Å². The standard InChI is InChI=1S/C28H18ClF3N6O/c1-16-13-35-24(10-17(16)3-6-21-22-11-19(29)4-2-18(22)14-36-26(21)33)27(39)37-20-5-7-25(38-9-8-34-15-38)23(12-20)28(30,31)32/h2,4-5,7-15H,1H3,(H2,33,36)(H,37,39). The first-order valence-electron chi connectivity index (χ1n) is 11.4. The van der Waals surface area contributed by atoms with E-state index in [1.807, 2.05) is 6.07 Å². The molecule has 7 nitrogen and oxygen atoms in total. The van der Waals surface area contributed by atoms with Crippen LogP contribution >= 0.6 is 11.6 Å². The number of aromatic nitrogens is 4. The number of halogens is 4. The van der Waals surface area contributed by atoms with Crippen molar-refractivity contribution in [2.24, 2.45) is 0 Å². The van der Waals surface area contributed by atoms with Gasteiger partial charge in [0.25, 0.3) is 5.91 Å². The third kappa shape index (κ3) is 5.39. The lowest BCUT2D eigenvalue weighted by atomic mass is 10.1. The number of alkyl halides is 3. The summed E-state index contributed by atoms with van der Waals surface area (Å²) in [5, 5.41) is 4.54. The molecule has 0 aliphatic carbocycles. The lowest BCUT2D eigenvalue weighted by Gasteiger charge is -2.15. The number of imidazole rings is 1. The number of nitrogens with two attached hydrogens (primary N) is 1. The molecular formula is C28H18ClF3N6O. The van der Waals surface area contributed by atoms with E-state index in [1.54, 1.807) is 25.3 Å². The smallest absolute Gasteiger partial charge is 0.383 e. The number of rotatable bonds is 3. The number of nitrogens with one attached hydrogen (secondary N) is 1. The third-order valence-corrected chi connectivity index (χ3v) is 6.12. The van der Waals surface area contributed by atoms with Crippen LogP contribution in [0.25, 0.3) is 16.5 Å².